The molecule has 7 nitrogen and oxygen atoms in total. The lowest BCUT2D eigenvalue weighted by Gasteiger charge is -2.12. The van der Waals surface area contributed by atoms with Crippen molar-refractivity contribution in [3.63, 3.8) is 0 Å². The molecule has 0 bridgehead atoms. The predicted molar refractivity (Wildman–Crippen MR) is 99.0 cm³/mol. The molecule has 0 radical (unpaired) electrons. The summed E-state index contributed by atoms with van der Waals surface area (Å²) in [5.74, 6) is -0.774. The Morgan fingerprint density at radius 2 is 1.71 bits per heavy atom. The van der Waals surface area contributed by atoms with E-state index < -0.39 is 23.8 Å². The smallest absolute Gasteiger partial charge is 0.308 e. The SMILES string of the molecule is CONc1cc(C(F)(F)F)nc(NC(=O)Nc2ccc3cc(C)ccc3c2)n1. The van der Waals surface area contributed by atoms with Crippen LogP contribution >= 0.6 is 0 Å². The summed E-state index contributed by atoms with van der Waals surface area (Å²) in [7, 11) is 1.22. The van der Waals surface area contributed by atoms with Crippen molar-refractivity contribution in [2.24, 2.45) is 0 Å². The Morgan fingerprint density at radius 3 is 2.43 bits per heavy atom. The molecule has 1 heterocycles. The number of halogens is 3. The summed E-state index contributed by atoms with van der Waals surface area (Å²) >= 11 is 0. The summed E-state index contributed by atoms with van der Waals surface area (Å²) in [4.78, 5) is 23.8. The zero-order chi connectivity index (χ0) is 20.3. The quantitative estimate of drug-likeness (QED) is 0.567. The number of alkyl halides is 3. The lowest BCUT2D eigenvalue weighted by molar-refractivity contribution is -0.141. The number of urea groups is 1. The van der Waals surface area contributed by atoms with Gasteiger partial charge in [-0.2, -0.15) is 18.2 Å². The third kappa shape index (κ3) is 4.65. The highest BCUT2D eigenvalue weighted by atomic mass is 19.4. The molecule has 0 unspecified atom stereocenters. The minimum absolute atomic E-state index is 0.249. The van der Waals surface area contributed by atoms with Crippen LogP contribution in [0.15, 0.2) is 42.5 Å². The number of nitrogens with zero attached hydrogens (tertiary/aromatic N) is 2. The van der Waals surface area contributed by atoms with Crippen molar-refractivity contribution in [3.8, 4) is 0 Å². The van der Waals surface area contributed by atoms with E-state index in [0.717, 1.165) is 16.3 Å². The van der Waals surface area contributed by atoms with Crippen molar-refractivity contribution < 1.29 is 22.8 Å². The van der Waals surface area contributed by atoms with Crippen LogP contribution in [0.2, 0.25) is 0 Å². The number of anilines is 3. The van der Waals surface area contributed by atoms with Gasteiger partial charge in [0.15, 0.2) is 11.5 Å². The van der Waals surface area contributed by atoms with Crippen molar-refractivity contribution in [1.82, 2.24) is 9.97 Å². The van der Waals surface area contributed by atoms with Gasteiger partial charge in [-0.3, -0.25) is 10.2 Å². The first kappa shape index (κ1) is 19.4. The Labute approximate surface area is 157 Å². The molecule has 0 aliphatic carbocycles. The lowest BCUT2D eigenvalue weighted by Crippen LogP contribution is -2.22. The lowest BCUT2D eigenvalue weighted by atomic mass is 10.1. The van der Waals surface area contributed by atoms with Gasteiger partial charge >= 0.3 is 12.2 Å². The molecule has 0 spiro atoms. The van der Waals surface area contributed by atoms with Crippen LogP contribution in [0.25, 0.3) is 10.8 Å². The summed E-state index contributed by atoms with van der Waals surface area (Å²) in [6.45, 7) is 1.97. The van der Waals surface area contributed by atoms with E-state index in [9.17, 15) is 18.0 Å². The van der Waals surface area contributed by atoms with Gasteiger partial charge in [-0.15, -0.1) is 0 Å². The Balaban J connectivity index is 1.79. The molecule has 0 aliphatic rings. The van der Waals surface area contributed by atoms with Crippen LogP contribution in [0.1, 0.15) is 11.3 Å². The van der Waals surface area contributed by atoms with Gasteiger partial charge in [-0.1, -0.05) is 29.8 Å². The molecule has 0 atom stereocenters. The first-order valence-corrected chi connectivity index (χ1v) is 8.08. The van der Waals surface area contributed by atoms with Gasteiger partial charge in [-0.05, 0) is 29.8 Å². The van der Waals surface area contributed by atoms with Gasteiger partial charge in [0.1, 0.15) is 0 Å². The predicted octanol–water partition coefficient (Wildman–Crippen LogP) is 4.57. The minimum atomic E-state index is -4.71. The van der Waals surface area contributed by atoms with Crippen molar-refractivity contribution in [3.05, 3.63) is 53.7 Å². The number of aryl methyl sites for hydroxylation is 1. The van der Waals surface area contributed by atoms with E-state index >= 15 is 0 Å². The van der Waals surface area contributed by atoms with Crippen molar-refractivity contribution >= 4 is 34.3 Å². The molecule has 0 fully saturated rings. The molecular weight excluding hydrogens is 375 g/mol. The Hall–Kier alpha value is -3.40. The first-order chi connectivity index (χ1) is 13.2. The monoisotopic (exact) mass is 391 g/mol. The summed E-state index contributed by atoms with van der Waals surface area (Å²) in [6.07, 6.45) is -4.71. The van der Waals surface area contributed by atoms with Crippen LogP contribution < -0.4 is 16.1 Å². The van der Waals surface area contributed by atoms with Crippen LogP contribution in [-0.2, 0) is 11.0 Å². The van der Waals surface area contributed by atoms with E-state index in [1.54, 1.807) is 12.1 Å². The van der Waals surface area contributed by atoms with Gasteiger partial charge in [0.05, 0.1) is 7.11 Å². The minimum Gasteiger partial charge on any atom is -0.308 e. The topological polar surface area (TPSA) is 88.2 Å². The molecule has 1 aromatic heterocycles. The second-order valence-corrected chi connectivity index (χ2v) is 5.91. The van der Waals surface area contributed by atoms with Gasteiger partial charge in [0.25, 0.3) is 0 Å². The molecule has 10 heteroatoms. The number of rotatable bonds is 4. The Morgan fingerprint density at radius 1 is 1.00 bits per heavy atom. The van der Waals surface area contributed by atoms with Gasteiger partial charge < -0.3 is 5.32 Å². The molecule has 3 N–H and O–H groups in total. The number of hydrogen-bond acceptors (Lipinski definition) is 5. The molecule has 2 amide bonds. The van der Waals surface area contributed by atoms with Crippen LogP contribution in [0.3, 0.4) is 0 Å². The van der Waals surface area contributed by atoms with Crippen LogP contribution in [0.4, 0.5) is 35.4 Å². The maximum absolute atomic E-state index is 13.0. The molecule has 3 rings (SSSR count). The van der Waals surface area contributed by atoms with E-state index in [-0.39, 0.29) is 5.82 Å². The van der Waals surface area contributed by atoms with Crippen molar-refractivity contribution in [2.75, 3.05) is 23.2 Å². The average molecular weight is 391 g/mol. The third-order valence-electron chi connectivity index (χ3n) is 3.70. The zero-order valence-electron chi connectivity index (χ0n) is 14.9. The van der Waals surface area contributed by atoms with Crippen molar-refractivity contribution in [2.45, 2.75) is 13.1 Å². The third-order valence-corrected chi connectivity index (χ3v) is 3.70. The Bertz CT molecular complexity index is 1020. The maximum Gasteiger partial charge on any atom is 0.433 e. The van der Waals surface area contributed by atoms with E-state index in [1.165, 1.54) is 7.11 Å². The number of benzene rings is 2. The number of nitrogens with one attached hydrogen (secondary N) is 3. The molecule has 3 aromatic rings. The Kier molecular flexibility index (Phi) is 5.32. The number of fused-ring (bicyclic) bond motifs is 1. The van der Waals surface area contributed by atoms with Gasteiger partial charge in [0, 0.05) is 11.8 Å². The fourth-order valence-electron chi connectivity index (χ4n) is 2.51. The van der Waals surface area contributed by atoms with Gasteiger partial charge in [-0.25, -0.2) is 15.3 Å². The number of carbonyl (C=O) groups excluding carboxylic acids is 1. The van der Waals surface area contributed by atoms with E-state index in [2.05, 4.69) is 30.9 Å². The normalized spacial score (nSPS) is 11.3. The van der Waals surface area contributed by atoms with Crippen molar-refractivity contribution in [1.29, 1.82) is 0 Å². The highest BCUT2D eigenvalue weighted by Crippen LogP contribution is 2.29. The van der Waals surface area contributed by atoms with Crippen LogP contribution in [-0.4, -0.2) is 23.1 Å². The highest BCUT2D eigenvalue weighted by molar-refractivity contribution is 6.00. The highest BCUT2D eigenvalue weighted by Gasteiger charge is 2.34. The number of aromatic nitrogens is 2. The van der Waals surface area contributed by atoms with Crippen LogP contribution in [0, 0.1) is 6.92 Å². The molecule has 28 heavy (non-hydrogen) atoms. The summed E-state index contributed by atoms with van der Waals surface area (Å²) in [5.41, 5.74) is 2.53. The van der Waals surface area contributed by atoms with E-state index in [4.69, 9.17) is 0 Å². The molecule has 0 saturated carbocycles. The molecular formula is C18H16F3N5O2. The molecule has 0 saturated heterocycles. The number of carbonyl (C=O) groups is 1. The fraction of sp³-hybridized carbons (Fsp3) is 0.167. The molecule has 0 aliphatic heterocycles. The fourth-order valence-corrected chi connectivity index (χ4v) is 2.51. The molecule has 2 aromatic carbocycles. The van der Waals surface area contributed by atoms with Gasteiger partial charge in [0.2, 0.25) is 5.95 Å². The summed E-state index contributed by atoms with van der Waals surface area (Å²) < 4.78 is 38.9. The first-order valence-electron chi connectivity index (χ1n) is 8.08. The number of hydrogen-bond donors (Lipinski definition) is 3. The second-order valence-electron chi connectivity index (χ2n) is 5.91. The van der Waals surface area contributed by atoms with E-state index in [0.29, 0.717) is 11.8 Å². The average Bonchev–Trinajstić information content (AvgIpc) is 2.61. The van der Waals surface area contributed by atoms with E-state index in [1.807, 2.05) is 31.2 Å². The standard InChI is InChI=1S/C18H16F3N5O2/c1-10-3-4-12-8-13(6-5-11(12)7-10)22-17(27)25-16-23-14(18(19,20)21)9-15(24-16)26-28-2/h3-9H,1-2H3,(H3,22,23,24,25,26,27). The van der Waals surface area contributed by atoms with Crippen LogP contribution in [0.5, 0.6) is 0 Å². The molecule has 146 valence electrons. The summed E-state index contributed by atoms with van der Waals surface area (Å²) in [5, 5.41) is 6.64. The second kappa shape index (κ2) is 7.69. The maximum atomic E-state index is 13.0. The zero-order valence-corrected chi connectivity index (χ0v) is 14.9. The number of amides is 2. The summed E-state index contributed by atoms with van der Waals surface area (Å²) in [6, 6.07) is 11.0. The largest absolute Gasteiger partial charge is 0.433 e.